The summed E-state index contributed by atoms with van der Waals surface area (Å²) in [6.45, 7) is 1.75. The number of nitrogens with one attached hydrogen (secondary N) is 2. The molecule has 0 fully saturated rings. The maximum atomic E-state index is 12.2. The number of rotatable bonds is 5. The molecule has 0 aliphatic rings. The molecule has 3 aromatic carbocycles. The Kier molecular flexibility index (Phi) is 5.35. The van der Waals surface area contributed by atoms with E-state index in [0.717, 1.165) is 27.6 Å². The van der Waals surface area contributed by atoms with Crippen LogP contribution in [0, 0.1) is 6.92 Å². The van der Waals surface area contributed by atoms with Gasteiger partial charge in [0.15, 0.2) is 5.13 Å². The average Bonchev–Trinajstić information content (AvgIpc) is 3.20. The molecule has 0 saturated carbocycles. The lowest BCUT2D eigenvalue weighted by molar-refractivity contribution is -0.115. The minimum absolute atomic E-state index is 0.115. The van der Waals surface area contributed by atoms with Crippen molar-refractivity contribution in [1.82, 2.24) is 10.3 Å². The lowest BCUT2D eigenvalue weighted by Gasteiger charge is -2.07. The van der Waals surface area contributed by atoms with Crippen molar-refractivity contribution in [3.05, 3.63) is 83.2 Å². The summed E-state index contributed by atoms with van der Waals surface area (Å²) in [6, 6.07) is 21.5. The molecule has 4 rings (SSSR count). The standard InChI is InChI=1S/C23H19N3O2S/c1-15-7-2-4-10-17(15)22(28)24-13-21(27)26-23-25-20(14-29-23)19-12-6-9-16-8-3-5-11-18(16)19/h2-12,14H,13H2,1H3,(H,24,28)(H,25,26,27). The van der Waals surface area contributed by atoms with Gasteiger partial charge >= 0.3 is 0 Å². The predicted octanol–water partition coefficient (Wildman–Crippen LogP) is 4.64. The van der Waals surface area contributed by atoms with Crippen LogP contribution in [0.25, 0.3) is 22.0 Å². The number of benzene rings is 3. The predicted molar refractivity (Wildman–Crippen MR) is 117 cm³/mol. The minimum Gasteiger partial charge on any atom is -0.343 e. The second-order valence-corrected chi connectivity index (χ2v) is 7.47. The Labute approximate surface area is 172 Å². The number of hydrogen-bond donors (Lipinski definition) is 2. The second-order valence-electron chi connectivity index (χ2n) is 6.61. The number of thiazole rings is 1. The number of carbonyl (C=O) groups excluding carboxylic acids is 2. The van der Waals surface area contributed by atoms with Crippen molar-refractivity contribution in [3.8, 4) is 11.3 Å². The Balaban J connectivity index is 1.42. The number of carbonyl (C=O) groups is 2. The highest BCUT2D eigenvalue weighted by molar-refractivity contribution is 7.14. The van der Waals surface area contributed by atoms with Crippen LogP contribution in [0.4, 0.5) is 5.13 Å². The van der Waals surface area contributed by atoms with E-state index in [0.29, 0.717) is 10.7 Å². The third-order valence-corrected chi connectivity index (χ3v) is 5.37. The first kappa shape index (κ1) is 18.8. The van der Waals surface area contributed by atoms with Crippen molar-refractivity contribution in [2.24, 2.45) is 0 Å². The van der Waals surface area contributed by atoms with Crippen molar-refractivity contribution < 1.29 is 9.59 Å². The summed E-state index contributed by atoms with van der Waals surface area (Å²) in [5.74, 6) is -0.584. The van der Waals surface area contributed by atoms with E-state index in [-0.39, 0.29) is 18.4 Å². The van der Waals surface area contributed by atoms with Gasteiger partial charge in [0, 0.05) is 16.5 Å². The molecule has 6 heteroatoms. The maximum Gasteiger partial charge on any atom is 0.251 e. The van der Waals surface area contributed by atoms with Crippen LogP contribution < -0.4 is 10.6 Å². The molecule has 4 aromatic rings. The molecule has 0 unspecified atom stereocenters. The van der Waals surface area contributed by atoms with E-state index in [4.69, 9.17) is 0 Å². The van der Waals surface area contributed by atoms with Crippen molar-refractivity contribution >= 4 is 39.1 Å². The summed E-state index contributed by atoms with van der Waals surface area (Å²) in [4.78, 5) is 29.0. The molecule has 0 saturated heterocycles. The van der Waals surface area contributed by atoms with Crippen LogP contribution in [0.3, 0.4) is 0 Å². The lowest BCUT2D eigenvalue weighted by Crippen LogP contribution is -2.33. The Morgan fingerprint density at radius 1 is 0.966 bits per heavy atom. The zero-order valence-corrected chi connectivity index (χ0v) is 16.6. The van der Waals surface area contributed by atoms with Gasteiger partial charge in [-0.3, -0.25) is 9.59 Å². The van der Waals surface area contributed by atoms with E-state index in [9.17, 15) is 9.59 Å². The minimum atomic E-state index is -0.314. The third-order valence-electron chi connectivity index (χ3n) is 4.62. The first-order valence-electron chi connectivity index (χ1n) is 9.19. The summed E-state index contributed by atoms with van der Waals surface area (Å²) in [5, 5.41) is 10.1. The van der Waals surface area contributed by atoms with E-state index in [1.165, 1.54) is 11.3 Å². The number of fused-ring (bicyclic) bond motifs is 1. The Morgan fingerprint density at radius 2 is 1.72 bits per heavy atom. The first-order chi connectivity index (χ1) is 14.1. The molecule has 2 amide bonds. The fourth-order valence-electron chi connectivity index (χ4n) is 3.15. The SMILES string of the molecule is Cc1ccccc1C(=O)NCC(=O)Nc1nc(-c2cccc3ccccc23)cs1. The number of aryl methyl sites for hydroxylation is 1. The fourth-order valence-corrected chi connectivity index (χ4v) is 3.88. The van der Waals surface area contributed by atoms with Crippen molar-refractivity contribution in [3.63, 3.8) is 0 Å². The highest BCUT2D eigenvalue weighted by Crippen LogP contribution is 2.30. The molecular formula is C23H19N3O2S. The van der Waals surface area contributed by atoms with Crippen LogP contribution in [0.5, 0.6) is 0 Å². The third kappa shape index (κ3) is 4.17. The summed E-state index contributed by atoms with van der Waals surface area (Å²) in [7, 11) is 0. The monoisotopic (exact) mass is 401 g/mol. The second kappa shape index (κ2) is 8.24. The molecule has 29 heavy (non-hydrogen) atoms. The topological polar surface area (TPSA) is 71.1 Å². The first-order valence-corrected chi connectivity index (χ1v) is 10.1. The van der Waals surface area contributed by atoms with Gasteiger partial charge in [-0.1, -0.05) is 60.7 Å². The summed E-state index contributed by atoms with van der Waals surface area (Å²) in [6.07, 6.45) is 0. The normalized spacial score (nSPS) is 10.7. The highest BCUT2D eigenvalue weighted by Gasteiger charge is 2.12. The van der Waals surface area contributed by atoms with Crippen LogP contribution in [-0.2, 0) is 4.79 Å². The van der Waals surface area contributed by atoms with Gasteiger partial charge in [-0.25, -0.2) is 4.98 Å². The van der Waals surface area contributed by atoms with Crippen molar-refractivity contribution in [1.29, 1.82) is 0 Å². The molecule has 0 aliphatic carbocycles. The number of nitrogens with zero attached hydrogens (tertiary/aromatic N) is 1. The van der Waals surface area contributed by atoms with E-state index < -0.39 is 0 Å². The highest BCUT2D eigenvalue weighted by atomic mass is 32.1. The van der Waals surface area contributed by atoms with Crippen LogP contribution in [0.2, 0.25) is 0 Å². The molecule has 0 aliphatic heterocycles. The Bertz CT molecular complexity index is 1190. The number of hydrogen-bond acceptors (Lipinski definition) is 4. The summed E-state index contributed by atoms with van der Waals surface area (Å²) < 4.78 is 0. The summed E-state index contributed by atoms with van der Waals surface area (Å²) >= 11 is 1.36. The smallest absolute Gasteiger partial charge is 0.251 e. The van der Waals surface area contributed by atoms with Gasteiger partial charge in [0.2, 0.25) is 5.91 Å². The quantitative estimate of drug-likeness (QED) is 0.512. The fraction of sp³-hybridized carbons (Fsp3) is 0.0870. The zero-order valence-electron chi connectivity index (χ0n) is 15.8. The molecule has 1 aromatic heterocycles. The molecule has 0 radical (unpaired) electrons. The lowest BCUT2D eigenvalue weighted by atomic mass is 10.0. The van der Waals surface area contributed by atoms with Gasteiger partial charge in [-0.05, 0) is 29.3 Å². The van der Waals surface area contributed by atoms with Gasteiger partial charge in [0.25, 0.3) is 5.91 Å². The molecule has 2 N–H and O–H groups in total. The molecule has 144 valence electrons. The number of aromatic nitrogens is 1. The summed E-state index contributed by atoms with van der Waals surface area (Å²) in [5.41, 5.74) is 3.26. The molecule has 0 atom stereocenters. The molecule has 0 spiro atoms. The van der Waals surface area contributed by atoms with E-state index >= 15 is 0 Å². The molecular weight excluding hydrogens is 382 g/mol. The van der Waals surface area contributed by atoms with E-state index in [1.54, 1.807) is 12.1 Å². The average molecular weight is 401 g/mol. The van der Waals surface area contributed by atoms with Gasteiger partial charge in [-0.2, -0.15) is 0 Å². The van der Waals surface area contributed by atoms with Crippen LogP contribution >= 0.6 is 11.3 Å². The molecule has 0 bridgehead atoms. The largest absolute Gasteiger partial charge is 0.343 e. The Morgan fingerprint density at radius 3 is 2.59 bits per heavy atom. The number of anilines is 1. The van der Waals surface area contributed by atoms with E-state index in [1.807, 2.05) is 48.7 Å². The van der Waals surface area contributed by atoms with Crippen molar-refractivity contribution in [2.75, 3.05) is 11.9 Å². The zero-order chi connectivity index (χ0) is 20.2. The maximum absolute atomic E-state index is 12.2. The van der Waals surface area contributed by atoms with Gasteiger partial charge in [-0.15, -0.1) is 11.3 Å². The number of amides is 2. The van der Waals surface area contributed by atoms with Crippen LogP contribution in [0.1, 0.15) is 15.9 Å². The van der Waals surface area contributed by atoms with Crippen molar-refractivity contribution in [2.45, 2.75) is 6.92 Å². The van der Waals surface area contributed by atoms with Crippen LogP contribution in [-0.4, -0.2) is 23.3 Å². The Hall–Kier alpha value is -3.51. The van der Waals surface area contributed by atoms with Crippen LogP contribution in [0.15, 0.2) is 72.1 Å². The van der Waals surface area contributed by atoms with Gasteiger partial charge in [0.1, 0.15) is 0 Å². The van der Waals surface area contributed by atoms with E-state index in [2.05, 4.69) is 33.8 Å². The van der Waals surface area contributed by atoms with Gasteiger partial charge < -0.3 is 10.6 Å². The molecule has 5 nitrogen and oxygen atoms in total. The molecule has 1 heterocycles. The van der Waals surface area contributed by atoms with Gasteiger partial charge in [0.05, 0.1) is 12.2 Å².